The second kappa shape index (κ2) is 31.7. The van der Waals surface area contributed by atoms with Crippen LogP contribution in [0, 0.1) is 5.92 Å². The van der Waals surface area contributed by atoms with E-state index in [1.807, 2.05) is 0 Å². The molecule has 0 heterocycles. The van der Waals surface area contributed by atoms with Crippen molar-refractivity contribution >= 4 is 11.9 Å². The molecule has 234 valence electrons. The molecule has 2 N–H and O–H groups in total. The lowest BCUT2D eigenvalue weighted by Crippen LogP contribution is -2.06. The van der Waals surface area contributed by atoms with Crippen LogP contribution in [0.25, 0.3) is 0 Å². The molecule has 4 heteroatoms. The van der Waals surface area contributed by atoms with E-state index in [0.717, 1.165) is 5.92 Å². The Labute approximate surface area is 248 Å². The third-order valence-electron chi connectivity index (χ3n) is 7.49. The van der Waals surface area contributed by atoms with Crippen molar-refractivity contribution in [3.63, 3.8) is 0 Å². The molecule has 0 aliphatic carbocycles. The van der Waals surface area contributed by atoms with Crippen molar-refractivity contribution in [1.29, 1.82) is 0 Å². The van der Waals surface area contributed by atoms with Gasteiger partial charge in [-0.3, -0.25) is 0 Å². The van der Waals surface area contributed by atoms with Gasteiger partial charge in [0.2, 0.25) is 0 Å². The van der Waals surface area contributed by atoms with Crippen LogP contribution in [0.4, 0.5) is 0 Å². The van der Waals surface area contributed by atoms with Crippen LogP contribution in [0.5, 0.6) is 0 Å². The van der Waals surface area contributed by atoms with Crippen LogP contribution >= 0.6 is 0 Å². The average molecular weight is 563 g/mol. The highest BCUT2D eigenvalue weighted by Gasteiger charge is 2.13. The Hall–Kier alpha value is -1.84. The molecule has 1 rings (SSSR count). The molecule has 0 unspecified atom stereocenters. The van der Waals surface area contributed by atoms with Crippen molar-refractivity contribution in [3.8, 4) is 0 Å². The zero-order valence-corrected chi connectivity index (χ0v) is 27.2. The van der Waals surface area contributed by atoms with Crippen LogP contribution in [0.3, 0.4) is 0 Å². The fourth-order valence-electron chi connectivity index (χ4n) is 4.90. The molecule has 0 aliphatic heterocycles. The molecule has 0 atom stereocenters. The van der Waals surface area contributed by atoms with Crippen LogP contribution in [0.1, 0.15) is 197 Å². The van der Waals surface area contributed by atoms with Gasteiger partial charge < -0.3 is 10.2 Å². The van der Waals surface area contributed by atoms with Crippen molar-refractivity contribution in [2.45, 2.75) is 176 Å². The summed E-state index contributed by atoms with van der Waals surface area (Å²) in [4.78, 5) is 20.9. The van der Waals surface area contributed by atoms with E-state index in [0.29, 0.717) is 0 Å². The minimum absolute atomic E-state index is 0.190. The van der Waals surface area contributed by atoms with E-state index in [-0.39, 0.29) is 11.1 Å². The van der Waals surface area contributed by atoms with Crippen LogP contribution in [0.2, 0.25) is 0 Å². The Balaban J connectivity index is 0. The summed E-state index contributed by atoms with van der Waals surface area (Å²) in [5, 5.41) is 17.1. The number of aromatic carboxylic acids is 2. The average Bonchev–Trinajstić information content (AvgIpc) is 2.95. The minimum atomic E-state index is -1.23. The molecule has 0 radical (unpaired) electrons. The Bertz CT molecular complexity index is 634. The standard InChI is InChI=1S/C20H42.C8H6O4.C8H18/c1-4-7-10-13-16-19-20(17-14-11-8-5-2)18-15-12-9-6-3;9-7(10)5-3-1-2-4-6(5)8(11)12;1-3-5-7-8-6-4-2/h20H,4-19H2,1-3H3;1-4H,(H,9,10)(H,11,12);3-8H2,1-2H3. The normalized spacial score (nSPS) is 10.4. The third kappa shape index (κ3) is 26.4. The lowest BCUT2D eigenvalue weighted by atomic mass is 9.89. The SMILES string of the molecule is CCCCCCCC.CCCCCCCC(CCCCCC)CCCCCC.O=C(O)c1ccccc1C(=O)O. The molecule has 0 fully saturated rings. The number of hydrogen-bond acceptors (Lipinski definition) is 2. The number of benzene rings is 1. The first-order chi connectivity index (χ1) is 19.4. The summed E-state index contributed by atoms with van der Waals surface area (Å²) in [6.45, 7) is 11.5. The topological polar surface area (TPSA) is 74.6 Å². The van der Waals surface area contributed by atoms with E-state index in [1.165, 1.54) is 166 Å². The predicted octanol–water partition coefficient (Wildman–Crippen LogP) is 12.4. The maximum Gasteiger partial charge on any atom is 0.336 e. The third-order valence-corrected chi connectivity index (χ3v) is 7.49. The van der Waals surface area contributed by atoms with Gasteiger partial charge in [-0.15, -0.1) is 0 Å². The zero-order chi connectivity index (χ0) is 30.3. The van der Waals surface area contributed by atoms with Gasteiger partial charge >= 0.3 is 11.9 Å². The highest BCUT2D eigenvalue weighted by molar-refractivity contribution is 6.01. The van der Waals surface area contributed by atoms with Gasteiger partial charge in [0.05, 0.1) is 11.1 Å². The number of unbranched alkanes of at least 4 members (excludes halogenated alkanes) is 15. The molecule has 0 saturated carbocycles. The van der Waals surface area contributed by atoms with Crippen LogP contribution < -0.4 is 0 Å². The molecule has 1 aromatic carbocycles. The molecule has 0 bridgehead atoms. The molecule has 1 aromatic rings. The first-order valence-corrected chi connectivity index (χ1v) is 16.9. The monoisotopic (exact) mass is 562 g/mol. The quantitative estimate of drug-likeness (QED) is 0.130. The van der Waals surface area contributed by atoms with Crippen molar-refractivity contribution in [2.75, 3.05) is 0 Å². The Morgan fingerprint density at radius 2 is 0.725 bits per heavy atom. The molecule has 4 nitrogen and oxygen atoms in total. The summed E-state index contributed by atoms with van der Waals surface area (Å²) >= 11 is 0. The van der Waals surface area contributed by atoms with Crippen molar-refractivity contribution in [1.82, 2.24) is 0 Å². The molecule has 0 spiro atoms. The maximum absolute atomic E-state index is 10.5. The summed E-state index contributed by atoms with van der Waals surface area (Å²) in [6, 6.07) is 5.48. The minimum Gasteiger partial charge on any atom is -0.478 e. The van der Waals surface area contributed by atoms with E-state index in [9.17, 15) is 9.59 Å². The van der Waals surface area contributed by atoms with E-state index < -0.39 is 11.9 Å². The van der Waals surface area contributed by atoms with Crippen LogP contribution in [0.15, 0.2) is 24.3 Å². The maximum atomic E-state index is 10.5. The zero-order valence-electron chi connectivity index (χ0n) is 27.2. The van der Waals surface area contributed by atoms with Gasteiger partial charge in [-0.1, -0.05) is 188 Å². The summed E-state index contributed by atoms with van der Waals surface area (Å²) < 4.78 is 0. The largest absolute Gasteiger partial charge is 0.478 e. The fourth-order valence-corrected chi connectivity index (χ4v) is 4.90. The predicted molar refractivity (Wildman–Crippen MR) is 174 cm³/mol. The van der Waals surface area contributed by atoms with Gasteiger partial charge in [0.1, 0.15) is 0 Å². The lowest BCUT2D eigenvalue weighted by Gasteiger charge is -2.17. The van der Waals surface area contributed by atoms with E-state index >= 15 is 0 Å². The van der Waals surface area contributed by atoms with Gasteiger partial charge in [0.15, 0.2) is 0 Å². The van der Waals surface area contributed by atoms with Crippen molar-refractivity contribution in [2.24, 2.45) is 5.92 Å². The summed E-state index contributed by atoms with van der Waals surface area (Å²) in [5.41, 5.74) is -0.380. The number of carboxylic acids is 2. The molecule has 40 heavy (non-hydrogen) atoms. The Morgan fingerprint density at radius 3 is 0.975 bits per heavy atom. The highest BCUT2D eigenvalue weighted by Crippen LogP contribution is 2.24. The van der Waals surface area contributed by atoms with Crippen molar-refractivity contribution < 1.29 is 19.8 Å². The van der Waals surface area contributed by atoms with Gasteiger partial charge in [-0.2, -0.15) is 0 Å². The molecule has 0 aliphatic rings. The summed E-state index contributed by atoms with van der Waals surface area (Å²) in [5.74, 6) is -1.41. The Kier molecular flexibility index (Phi) is 31.9. The molecule has 0 amide bonds. The first kappa shape index (κ1) is 40.3. The second-order valence-corrected chi connectivity index (χ2v) is 11.3. The number of hydrogen-bond donors (Lipinski definition) is 2. The van der Waals surface area contributed by atoms with Gasteiger partial charge in [-0.05, 0) is 18.1 Å². The molecule has 0 aromatic heterocycles. The first-order valence-electron chi connectivity index (χ1n) is 16.9. The van der Waals surface area contributed by atoms with Crippen molar-refractivity contribution in [3.05, 3.63) is 35.4 Å². The molecular formula is C36H66O4. The number of rotatable bonds is 23. The van der Waals surface area contributed by atoms with Gasteiger partial charge in [0.25, 0.3) is 0 Å². The smallest absolute Gasteiger partial charge is 0.336 e. The number of carboxylic acid groups (broad SMARTS) is 2. The van der Waals surface area contributed by atoms with E-state index in [4.69, 9.17) is 10.2 Å². The molecular weight excluding hydrogens is 496 g/mol. The van der Waals surface area contributed by atoms with Gasteiger partial charge in [-0.25, -0.2) is 9.59 Å². The lowest BCUT2D eigenvalue weighted by molar-refractivity contribution is 0.0651. The van der Waals surface area contributed by atoms with E-state index in [1.54, 1.807) is 0 Å². The summed E-state index contributed by atoms with van der Waals surface area (Å²) in [7, 11) is 0. The van der Waals surface area contributed by atoms with Crippen LogP contribution in [-0.2, 0) is 0 Å². The molecule has 0 saturated heterocycles. The Morgan fingerprint density at radius 1 is 0.475 bits per heavy atom. The second-order valence-electron chi connectivity index (χ2n) is 11.3. The highest BCUT2D eigenvalue weighted by atomic mass is 16.4. The summed E-state index contributed by atoms with van der Waals surface area (Å²) in [6.07, 6.45) is 31.8. The van der Waals surface area contributed by atoms with Gasteiger partial charge in [0, 0.05) is 0 Å². The fraction of sp³-hybridized carbons (Fsp3) is 0.778. The number of carbonyl (C=O) groups is 2. The van der Waals surface area contributed by atoms with Crippen LogP contribution in [-0.4, -0.2) is 22.2 Å². The van der Waals surface area contributed by atoms with E-state index in [2.05, 4.69) is 34.6 Å².